The number of aliphatic hydroxyl groups is 1. The number of rotatable bonds is 6. The van der Waals surface area contributed by atoms with E-state index in [2.05, 4.69) is 26.1 Å². The van der Waals surface area contributed by atoms with Crippen LogP contribution in [0, 0.1) is 11.8 Å². The minimum absolute atomic E-state index is 0.308. The van der Waals surface area contributed by atoms with E-state index in [1.165, 1.54) is 19.3 Å². The van der Waals surface area contributed by atoms with Crippen molar-refractivity contribution in [1.29, 1.82) is 0 Å². The van der Waals surface area contributed by atoms with Gasteiger partial charge in [-0.2, -0.15) is 0 Å². The molecule has 0 aromatic heterocycles. The van der Waals surface area contributed by atoms with Gasteiger partial charge in [-0.25, -0.2) is 0 Å². The van der Waals surface area contributed by atoms with Gasteiger partial charge in [-0.3, -0.25) is 0 Å². The van der Waals surface area contributed by atoms with E-state index in [4.69, 9.17) is 0 Å². The number of hydrogen-bond acceptors (Lipinski definition) is 2. The third-order valence-electron chi connectivity index (χ3n) is 3.44. The summed E-state index contributed by atoms with van der Waals surface area (Å²) in [5, 5.41) is 13.5. The Hall–Kier alpha value is -0.0800. The molecule has 0 heterocycles. The fraction of sp³-hybridized carbons (Fsp3) is 1.00. The molecule has 2 N–H and O–H groups in total. The van der Waals surface area contributed by atoms with Crippen LogP contribution in [0.15, 0.2) is 0 Å². The smallest absolute Gasteiger partial charge is 0.0766 e. The zero-order valence-electron chi connectivity index (χ0n) is 10.0. The third-order valence-corrected chi connectivity index (χ3v) is 3.44. The van der Waals surface area contributed by atoms with Crippen molar-refractivity contribution in [2.45, 2.75) is 58.6 Å². The van der Waals surface area contributed by atoms with Gasteiger partial charge in [0.25, 0.3) is 0 Å². The minimum Gasteiger partial charge on any atom is -0.389 e. The lowest BCUT2D eigenvalue weighted by atomic mass is 9.92. The summed E-state index contributed by atoms with van der Waals surface area (Å²) >= 11 is 0. The molecule has 1 aliphatic rings. The summed E-state index contributed by atoms with van der Waals surface area (Å²) in [6.45, 7) is 8.96. The van der Waals surface area contributed by atoms with Crippen molar-refractivity contribution in [2.75, 3.05) is 6.54 Å². The van der Waals surface area contributed by atoms with Gasteiger partial charge in [0, 0.05) is 12.6 Å². The van der Waals surface area contributed by atoms with E-state index < -0.39 is 5.60 Å². The van der Waals surface area contributed by atoms with Gasteiger partial charge in [-0.1, -0.05) is 26.7 Å². The first kappa shape index (κ1) is 12.0. The zero-order valence-corrected chi connectivity index (χ0v) is 10.0. The highest BCUT2D eigenvalue weighted by Crippen LogP contribution is 2.33. The minimum atomic E-state index is -0.572. The Balaban J connectivity index is 2.17. The molecule has 0 radical (unpaired) electrons. The Labute approximate surface area is 88.1 Å². The SMILES string of the molecule is CC(CC1CC1)NCC(C)(O)C(C)C. The highest BCUT2D eigenvalue weighted by Gasteiger charge is 2.27. The van der Waals surface area contributed by atoms with Crippen LogP contribution in [-0.2, 0) is 0 Å². The standard InChI is InChI=1S/C12H25NO/c1-9(2)12(4,14)8-13-10(3)7-11-5-6-11/h9-11,13-14H,5-8H2,1-4H3. The van der Waals surface area contributed by atoms with E-state index in [-0.39, 0.29) is 0 Å². The molecule has 0 amide bonds. The Morgan fingerprint density at radius 1 is 1.36 bits per heavy atom. The molecule has 2 unspecified atom stereocenters. The van der Waals surface area contributed by atoms with E-state index in [1.807, 2.05) is 6.92 Å². The van der Waals surface area contributed by atoms with E-state index in [0.717, 1.165) is 5.92 Å². The second-order valence-corrected chi connectivity index (χ2v) is 5.47. The largest absolute Gasteiger partial charge is 0.389 e. The maximum atomic E-state index is 10.0. The summed E-state index contributed by atoms with van der Waals surface area (Å²) < 4.78 is 0. The second-order valence-electron chi connectivity index (χ2n) is 5.47. The predicted octanol–water partition coefficient (Wildman–Crippen LogP) is 2.17. The van der Waals surface area contributed by atoms with E-state index >= 15 is 0 Å². The molecular weight excluding hydrogens is 174 g/mol. The third kappa shape index (κ3) is 3.97. The van der Waals surface area contributed by atoms with Gasteiger partial charge in [-0.15, -0.1) is 0 Å². The van der Waals surface area contributed by atoms with E-state index in [0.29, 0.717) is 18.5 Å². The molecule has 0 aromatic rings. The molecular formula is C12H25NO. The first-order valence-corrected chi connectivity index (χ1v) is 5.87. The van der Waals surface area contributed by atoms with Crippen LogP contribution in [0.5, 0.6) is 0 Å². The van der Waals surface area contributed by atoms with Crippen LogP contribution in [0.4, 0.5) is 0 Å². The van der Waals surface area contributed by atoms with Crippen molar-refractivity contribution in [3.8, 4) is 0 Å². The van der Waals surface area contributed by atoms with E-state index in [9.17, 15) is 5.11 Å². The molecule has 14 heavy (non-hydrogen) atoms. The number of nitrogens with one attached hydrogen (secondary N) is 1. The molecule has 1 saturated carbocycles. The van der Waals surface area contributed by atoms with Crippen LogP contribution in [-0.4, -0.2) is 23.3 Å². The molecule has 0 spiro atoms. The van der Waals surface area contributed by atoms with Crippen LogP contribution in [0.3, 0.4) is 0 Å². The lowest BCUT2D eigenvalue weighted by molar-refractivity contribution is 0.0119. The fourth-order valence-corrected chi connectivity index (χ4v) is 1.52. The Morgan fingerprint density at radius 2 is 1.93 bits per heavy atom. The molecule has 2 heteroatoms. The Morgan fingerprint density at radius 3 is 2.36 bits per heavy atom. The molecule has 0 aromatic carbocycles. The molecule has 1 rings (SSSR count). The normalized spacial score (nSPS) is 23.6. The summed E-state index contributed by atoms with van der Waals surface area (Å²) in [7, 11) is 0. The highest BCUT2D eigenvalue weighted by molar-refractivity contribution is 4.83. The first-order chi connectivity index (χ1) is 6.42. The average molecular weight is 199 g/mol. The summed E-state index contributed by atoms with van der Waals surface area (Å²) in [5.74, 6) is 1.27. The molecule has 1 fully saturated rings. The van der Waals surface area contributed by atoms with Crippen molar-refractivity contribution in [3.63, 3.8) is 0 Å². The first-order valence-electron chi connectivity index (χ1n) is 5.87. The van der Waals surface area contributed by atoms with E-state index in [1.54, 1.807) is 0 Å². The van der Waals surface area contributed by atoms with Gasteiger partial charge in [0.15, 0.2) is 0 Å². The molecule has 84 valence electrons. The zero-order chi connectivity index (χ0) is 10.8. The van der Waals surface area contributed by atoms with Crippen molar-refractivity contribution >= 4 is 0 Å². The van der Waals surface area contributed by atoms with Crippen molar-refractivity contribution in [2.24, 2.45) is 11.8 Å². The molecule has 0 saturated heterocycles. The fourth-order valence-electron chi connectivity index (χ4n) is 1.52. The number of hydrogen-bond donors (Lipinski definition) is 2. The van der Waals surface area contributed by atoms with Crippen LogP contribution in [0.2, 0.25) is 0 Å². The maximum absolute atomic E-state index is 10.0. The lowest BCUT2D eigenvalue weighted by Gasteiger charge is -2.29. The van der Waals surface area contributed by atoms with Crippen molar-refractivity contribution < 1.29 is 5.11 Å². The molecule has 2 atom stereocenters. The van der Waals surface area contributed by atoms with Gasteiger partial charge in [-0.05, 0) is 32.1 Å². The summed E-state index contributed by atoms with van der Waals surface area (Å²) in [6.07, 6.45) is 4.09. The van der Waals surface area contributed by atoms with Gasteiger partial charge < -0.3 is 10.4 Å². The Kier molecular flexibility index (Phi) is 3.96. The average Bonchev–Trinajstić information content (AvgIpc) is 2.85. The molecule has 0 bridgehead atoms. The quantitative estimate of drug-likeness (QED) is 0.687. The summed E-state index contributed by atoms with van der Waals surface area (Å²) in [6, 6.07) is 0.549. The Bertz CT molecular complexity index is 173. The van der Waals surface area contributed by atoms with Gasteiger partial charge in [0.05, 0.1) is 5.60 Å². The maximum Gasteiger partial charge on any atom is 0.0766 e. The van der Waals surface area contributed by atoms with Gasteiger partial charge in [0.2, 0.25) is 0 Å². The lowest BCUT2D eigenvalue weighted by Crippen LogP contribution is -2.45. The predicted molar refractivity (Wildman–Crippen MR) is 60.3 cm³/mol. The molecule has 0 aliphatic heterocycles. The van der Waals surface area contributed by atoms with Crippen LogP contribution in [0.1, 0.15) is 47.0 Å². The molecule has 1 aliphatic carbocycles. The van der Waals surface area contributed by atoms with Crippen LogP contribution < -0.4 is 5.32 Å². The van der Waals surface area contributed by atoms with Crippen LogP contribution >= 0.6 is 0 Å². The van der Waals surface area contributed by atoms with Gasteiger partial charge >= 0.3 is 0 Å². The monoisotopic (exact) mass is 199 g/mol. The van der Waals surface area contributed by atoms with Crippen molar-refractivity contribution in [3.05, 3.63) is 0 Å². The summed E-state index contributed by atoms with van der Waals surface area (Å²) in [4.78, 5) is 0. The van der Waals surface area contributed by atoms with Crippen molar-refractivity contribution in [1.82, 2.24) is 5.32 Å². The molecule has 2 nitrogen and oxygen atoms in total. The van der Waals surface area contributed by atoms with Gasteiger partial charge in [0.1, 0.15) is 0 Å². The second kappa shape index (κ2) is 4.63. The van der Waals surface area contributed by atoms with Crippen LogP contribution in [0.25, 0.3) is 0 Å². The summed E-state index contributed by atoms with van der Waals surface area (Å²) in [5.41, 5.74) is -0.572. The highest BCUT2D eigenvalue weighted by atomic mass is 16.3. The topological polar surface area (TPSA) is 32.3 Å².